The van der Waals surface area contributed by atoms with E-state index >= 15 is 0 Å². The number of methoxy groups -OCH3 is 1. The number of aryl methyl sites for hydroxylation is 2. The molecule has 4 aliphatic rings. The van der Waals surface area contributed by atoms with Gasteiger partial charge in [-0.3, -0.25) is 9.59 Å². The molecule has 0 unspecified atom stereocenters. The van der Waals surface area contributed by atoms with Crippen molar-refractivity contribution in [2.45, 2.75) is 59.3 Å². The van der Waals surface area contributed by atoms with Gasteiger partial charge >= 0.3 is 5.97 Å². The molecule has 0 aliphatic heterocycles. The van der Waals surface area contributed by atoms with Crippen LogP contribution < -0.4 is 10.6 Å². The highest BCUT2D eigenvalue weighted by atomic mass is 32.1. The number of ether oxygens (including phenoxy) is 1. The molecule has 0 radical (unpaired) electrons. The average molecular weight is 481 g/mol. The molecule has 4 aliphatic carbocycles. The molecule has 180 valence electrons. The number of carbonyl (C=O) groups is 3. The lowest BCUT2D eigenvalue weighted by Gasteiger charge is -2.55. The van der Waals surface area contributed by atoms with E-state index in [0.717, 1.165) is 47.4 Å². The summed E-state index contributed by atoms with van der Waals surface area (Å²) in [6.07, 6.45) is 6.55. The van der Waals surface area contributed by atoms with Gasteiger partial charge in [-0.05, 0) is 94.2 Å². The lowest BCUT2D eigenvalue weighted by atomic mass is 9.49. The summed E-state index contributed by atoms with van der Waals surface area (Å²) in [5.41, 5.74) is 3.26. The molecule has 4 fully saturated rings. The molecule has 1 aromatic carbocycles. The van der Waals surface area contributed by atoms with Gasteiger partial charge in [-0.25, -0.2) is 4.79 Å². The number of benzene rings is 1. The van der Waals surface area contributed by atoms with E-state index in [2.05, 4.69) is 10.6 Å². The van der Waals surface area contributed by atoms with Crippen LogP contribution in [0, 0.1) is 43.9 Å². The fourth-order valence-electron chi connectivity index (χ4n) is 6.92. The molecule has 0 atom stereocenters. The second-order valence-electron chi connectivity index (χ2n) is 10.7. The van der Waals surface area contributed by atoms with E-state index in [-0.39, 0.29) is 22.8 Å². The van der Waals surface area contributed by atoms with Gasteiger partial charge in [-0.2, -0.15) is 0 Å². The quantitative estimate of drug-likeness (QED) is 0.525. The summed E-state index contributed by atoms with van der Waals surface area (Å²) in [5, 5.41) is 6.45. The Bertz CT molecular complexity index is 1150. The van der Waals surface area contributed by atoms with Gasteiger partial charge in [0, 0.05) is 5.69 Å². The SMILES string of the molecule is COC(=O)c1c(NC(=O)C23CC4CC(CC(C4)C2)C3)sc(C(=O)Nc2ccc(C)cc2C)c1C. The molecule has 4 saturated carbocycles. The zero-order valence-electron chi connectivity index (χ0n) is 20.2. The molecule has 7 heteroatoms. The second kappa shape index (κ2) is 8.52. The lowest BCUT2D eigenvalue weighted by Crippen LogP contribution is -2.51. The Hall–Kier alpha value is -2.67. The number of thiophene rings is 1. The van der Waals surface area contributed by atoms with Gasteiger partial charge in [0.1, 0.15) is 5.00 Å². The van der Waals surface area contributed by atoms with E-state index in [4.69, 9.17) is 4.74 Å². The standard InChI is InChI=1S/C27H32N2O4S/c1-14-5-6-20(15(2)7-14)28-23(30)22-16(3)21(25(31)33-4)24(34-22)29-26(32)27-11-17-8-18(12-27)10-19(9-17)13-27/h5-7,17-19H,8-13H2,1-4H3,(H,28,30)(H,29,32). The Balaban J connectivity index is 1.43. The van der Waals surface area contributed by atoms with Crippen LogP contribution in [0.5, 0.6) is 0 Å². The molecule has 4 bridgehead atoms. The summed E-state index contributed by atoms with van der Waals surface area (Å²) in [7, 11) is 1.32. The molecule has 2 N–H and O–H groups in total. The highest BCUT2D eigenvalue weighted by molar-refractivity contribution is 7.19. The minimum atomic E-state index is -0.542. The first-order valence-corrected chi connectivity index (χ1v) is 12.9. The number of amides is 2. The molecule has 2 amide bonds. The van der Waals surface area contributed by atoms with E-state index in [9.17, 15) is 14.4 Å². The van der Waals surface area contributed by atoms with E-state index in [1.165, 1.54) is 26.4 Å². The highest BCUT2D eigenvalue weighted by Crippen LogP contribution is 2.60. The van der Waals surface area contributed by atoms with Crippen molar-refractivity contribution in [3.63, 3.8) is 0 Å². The van der Waals surface area contributed by atoms with Crippen LogP contribution in [0.25, 0.3) is 0 Å². The third-order valence-corrected chi connectivity index (χ3v) is 9.33. The lowest BCUT2D eigenvalue weighted by molar-refractivity contribution is -0.140. The van der Waals surface area contributed by atoms with Crippen LogP contribution >= 0.6 is 11.3 Å². The number of hydrogen-bond donors (Lipinski definition) is 2. The first-order valence-electron chi connectivity index (χ1n) is 12.1. The van der Waals surface area contributed by atoms with Gasteiger partial charge in [0.15, 0.2) is 0 Å². The smallest absolute Gasteiger partial charge is 0.341 e. The molecule has 1 heterocycles. The van der Waals surface area contributed by atoms with Crippen molar-refractivity contribution in [1.29, 1.82) is 0 Å². The molecule has 6 nitrogen and oxygen atoms in total. The topological polar surface area (TPSA) is 84.5 Å². The third kappa shape index (κ3) is 3.94. The monoisotopic (exact) mass is 480 g/mol. The zero-order chi connectivity index (χ0) is 24.2. The number of carbonyl (C=O) groups excluding carboxylic acids is 3. The van der Waals surface area contributed by atoms with Crippen LogP contribution in [0.3, 0.4) is 0 Å². The number of anilines is 2. The molecular weight excluding hydrogens is 448 g/mol. The summed E-state index contributed by atoms with van der Waals surface area (Å²) in [6.45, 7) is 5.68. The minimum absolute atomic E-state index is 0.000611. The largest absolute Gasteiger partial charge is 0.465 e. The molecule has 0 spiro atoms. The van der Waals surface area contributed by atoms with Crippen molar-refractivity contribution in [2.24, 2.45) is 23.2 Å². The van der Waals surface area contributed by atoms with E-state index < -0.39 is 5.97 Å². The van der Waals surface area contributed by atoms with Gasteiger partial charge in [0.2, 0.25) is 5.91 Å². The van der Waals surface area contributed by atoms with Crippen molar-refractivity contribution in [3.8, 4) is 0 Å². The summed E-state index contributed by atoms with van der Waals surface area (Å²) < 4.78 is 5.02. The van der Waals surface area contributed by atoms with Crippen molar-refractivity contribution in [3.05, 3.63) is 45.3 Å². The summed E-state index contributed by atoms with van der Waals surface area (Å²) in [6, 6.07) is 5.83. The number of hydrogen-bond acceptors (Lipinski definition) is 5. The van der Waals surface area contributed by atoms with Crippen molar-refractivity contribution >= 4 is 39.8 Å². The van der Waals surface area contributed by atoms with E-state index in [0.29, 0.717) is 33.2 Å². The average Bonchev–Trinajstić information content (AvgIpc) is 3.10. The number of esters is 1. The molecular formula is C27H32N2O4S. The third-order valence-electron chi connectivity index (χ3n) is 8.12. The first kappa shape index (κ1) is 23.1. The number of nitrogens with one attached hydrogen (secondary N) is 2. The van der Waals surface area contributed by atoms with Crippen LogP contribution in [0.15, 0.2) is 18.2 Å². The Kier molecular flexibility index (Phi) is 5.79. The van der Waals surface area contributed by atoms with Crippen LogP contribution in [-0.2, 0) is 9.53 Å². The van der Waals surface area contributed by atoms with Crippen molar-refractivity contribution in [2.75, 3.05) is 17.7 Å². The van der Waals surface area contributed by atoms with Crippen LogP contribution in [0.1, 0.15) is 75.2 Å². The maximum atomic E-state index is 13.6. The Morgan fingerprint density at radius 3 is 2.15 bits per heavy atom. The van der Waals surface area contributed by atoms with Gasteiger partial charge < -0.3 is 15.4 Å². The summed E-state index contributed by atoms with van der Waals surface area (Å²) in [4.78, 5) is 39.9. The van der Waals surface area contributed by atoms with Gasteiger partial charge in [0.25, 0.3) is 5.91 Å². The predicted octanol–water partition coefficient (Wildman–Crippen LogP) is 5.87. The molecule has 0 saturated heterocycles. The molecule has 34 heavy (non-hydrogen) atoms. The molecule has 1 aromatic heterocycles. The summed E-state index contributed by atoms with van der Waals surface area (Å²) >= 11 is 1.15. The second-order valence-corrected chi connectivity index (χ2v) is 11.7. The Morgan fingerprint density at radius 2 is 1.59 bits per heavy atom. The fourth-order valence-corrected chi connectivity index (χ4v) is 8.01. The van der Waals surface area contributed by atoms with Crippen molar-refractivity contribution in [1.82, 2.24) is 0 Å². The molecule has 2 aromatic rings. The highest BCUT2D eigenvalue weighted by Gasteiger charge is 2.54. The van der Waals surface area contributed by atoms with Gasteiger partial charge in [-0.15, -0.1) is 11.3 Å². The predicted molar refractivity (Wildman–Crippen MR) is 133 cm³/mol. The maximum absolute atomic E-state index is 13.6. The normalized spacial score (nSPS) is 26.9. The van der Waals surface area contributed by atoms with Gasteiger partial charge in [-0.1, -0.05) is 17.7 Å². The Labute approximate surface area is 204 Å². The van der Waals surface area contributed by atoms with Crippen LogP contribution in [-0.4, -0.2) is 24.9 Å². The van der Waals surface area contributed by atoms with Crippen LogP contribution in [0.2, 0.25) is 0 Å². The Morgan fingerprint density at radius 1 is 0.971 bits per heavy atom. The van der Waals surface area contributed by atoms with Crippen molar-refractivity contribution < 1.29 is 19.1 Å². The summed E-state index contributed by atoms with van der Waals surface area (Å²) in [5.74, 6) is 1.08. The number of rotatable bonds is 5. The first-order chi connectivity index (χ1) is 16.2. The molecule has 6 rings (SSSR count). The maximum Gasteiger partial charge on any atom is 0.341 e. The van der Waals surface area contributed by atoms with Gasteiger partial charge in [0.05, 0.1) is 23.0 Å². The van der Waals surface area contributed by atoms with E-state index in [1.807, 2.05) is 32.0 Å². The van der Waals surface area contributed by atoms with Crippen LogP contribution in [0.4, 0.5) is 10.7 Å². The fraction of sp³-hybridized carbons (Fsp3) is 0.519. The zero-order valence-corrected chi connectivity index (χ0v) is 21.1. The minimum Gasteiger partial charge on any atom is -0.465 e. The van der Waals surface area contributed by atoms with E-state index in [1.54, 1.807) is 6.92 Å².